The van der Waals surface area contributed by atoms with Crippen molar-refractivity contribution >= 4 is 23.2 Å². The summed E-state index contributed by atoms with van der Waals surface area (Å²) in [5, 5.41) is 3.30. The molecule has 2 rings (SSSR count). The normalized spacial score (nSPS) is 11.9. The molecule has 0 heterocycles. The third kappa shape index (κ3) is 3.98. The predicted octanol–water partition coefficient (Wildman–Crippen LogP) is 4.50. The number of nitrogens with one attached hydrogen (secondary N) is 1. The van der Waals surface area contributed by atoms with Crippen molar-refractivity contribution in [2.24, 2.45) is 0 Å². The molecule has 0 aliphatic carbocycles. The molecule has 2 aromatic carbocycles. The van der Waals surface area contributed by atoms with Gasteiger partial charge in [-0.2, -0.15) is 0 Å². The first-order valence-electron chi connectivity index (χ1n) is 6.86. The van der Waals surface area contributed by atoms with Crippen LogP contribution >= 0.6 is 11.6 Å². The van der Waals surface area contributed by atoms with Crippen LogP contribution < -0.4 is 10.1 Å². The largest absolute Gasteiger partial charge is 0.481 e. The zero-order valence-electron chi connectivity index (χ0n) is 12.6. The molecule has 22 heavy (non-hydrogen) atoms. The highest BCUT2D eigenvalue weighted by Gasteiger charge is 2.16. The molecule has 0 aliphatic rings. The Morgan fingerprint density at radius 3 is 2.45 bits per heavy atom. The van der Waals surface area contributed by atoms with Crippen molar-refractivity contribution in [3.05, 3.63) is 58.4 Å². The first kappa shape index (κ1) is 16.3. The van der Waals surface area contributed by atoms with Crippen molar-refractivity contribution in [3.8, 4) is 5.75 Å². The molecule has 1 N–H and O–H groups in total. The summed E-state index contributed by atoms with van der Waals surface area (Å²) in [6, 6.07) is 9.27. The lowest BCUT2D eigenvalue weighted by molar-refractivity contribution is -0.122. The number of carbonyl (C=O) groups is 1. The topological polar surface area (TPSA) is 38.3 Å². The van der Waals surface area contributed by atoms with Gasteiger partial charge in [0.15, 0.2) is 6.10 Å². The number of ether oxygens (including phenoxy) is 1. The van der Waals surface area contributed by atoms with Crippen LogP contribution in [0.1, 0.15) is 18.1 Å². The van der Waals surface area contributed by atoms with Crippen LogP contribution in [0.2, 0.25) is 5.02 Å². The summed E-state index contributed by atoms with van der Waals surface area (Å²) < 4.78 is 18.7. The van der Waals surface area contributed by atoms with Crippen LogP contribution in [0, 0.1) is 19.7 Å². The summed E-state index contributed by atoms with van der Waals surface area (Å²) in [4.78, 5) is 12.1. The van der Waals surface area contributed by atoms with Gasteiger partial charge in [-0.3, -0.25) is 4.79 Å². The molecule has 2 aromatic rings. The summed E-state index contributed by atoms with van der Waals surface area (Å²) in [6.07, 6.45) is -0.719. The van der Waals surface area contributed by atoms with Gasteiger partial charge < -0.3 is 10.1 Å². The van der Waals surface area contributed by atoms with Gasteiger partial charge in [0, 0.05) is 10.7 Å². The van der Waals surface area contributed by atoms with Gasteiger partial charge in [-0.25, -0.2) is 4.39 Å². The Bertz CT molecular complexity index is 680. The second-order valence-corrected chi connectivity index (χ2v) is 5.51. The molecule has 0 unspecified atom stereocenters. The molecule has 0 aliphatic heterocycles. The van der Waals surface area contributed by atoms with E-state index in [1.165, 1.54) is 18.2 Å². The molecule has 0 aromatic heterocycles. The molecule has 0 saturated carbocycles. The maximum absolute atomic E-state index is 13.1. The van der Waals surface area contributed by atoms with Gasteiger partial charge in [0.25, 0.3) is 5.91 Å². The van der Waals surface area contributed by atoms with Gasteiger partial charge in [-0.15, -0.1) is 0 Å². The standard InChI is InChI=1S/C17H17ClFNO2/c1-10-7-15(8-11(2)16(10)18)22-12(3)17(21)20-14-6-4-5-13(19)9-14/h4-9,12H,1-3H3,(H,20,21)/t12-/m0/s1. The number of aryl methyl sites for hydroxylation is 2. The van der Waals surface area contributed by atoms with Gasteiger partial charge in [-0.1, -0.05) is 17.7 Å². The molecular formula is C17H17ClFNO2. The van der Waals surface area contributed by atoms with E-state index in [1.54, 1.807) is 25.1 Å². The zero-order valence-corrected chi connectivity index (χ0v) is 13.4. The lowest BCUT2D eigenvalue weighted by atomic mass is 10.1. The fraction of sp³-hybridized carbons (Fsp3) is 0.235. The van der Waals surface area contributed by atoms with E-state index in [-0.39, 0.29) is 5.91 Å². The van der Waals surface area contributed by atoms with E-state index in [0.29, 0.717) is 16.5 Å². The third-order valence-corrected chi connectivity index (χ3v) is 3.78. The molecule has 0 fully saturated rings. The number of amides is 1. The number of hydrogen-bond acceptors (Lipinski definition) is 2. The Morgan fingerprint density at radius 2 is 1.86 bits per heavy atom. The Balaban J connectivity index is 2.05. The van der Waals surface area contributed by atoms with E-state index in [9.17, 15) is 9.18 Å². The number of anilines is 1. The minimum Gasteiger partial charge on any atom is -0.481 e. The molecule has 0 bridgehead atoms. The number of hydrogen-bond donors (Lipinski definition) is 1. The molecule has 3 nitrogen and oxygen atoms in total. The highest BCUT2D eigenvalue weighted by molar-refractivity contribution is 6.32. The third-order valence-electron chi connectivity index (χ3n) is 3.18. The van der Waals surface area contributed by atoms with Gasteiger partial charge in [0.1, 0.15) is 11.6 Å². The Morgan fingerprint density at radius 1 is 1.23 bits per heavy atom. The number of halogens is 2. The Hall–Kier alpha value is -2.07. The van der Waals surface area contributed by atoms with Crippen molar-refractivity contribution < 1.29 is 13.9 Å². The van der Waals surface area contributed by atoms with Gasteiger partial charge in [-0.05, 0) is 62.2 Å². The van der Waals surface area contributed by atoms with Crippen molar-refractivity contribution in [3.63, 3.8) is 0 Å². The molecule has 0 saturated heterocycles. The highest BCUT2D eigenvalue weighted by atomic mass is 35.5. The number of rotatable bonds is 4. The lowest BCUT2D eigenvalue weighted by Gasteiger charge is -2.16. The zero-order chi connectivity index (χ0) is 16.3. The second-order valence-electron chi connectivity index (χ2n) is 5.13. The average Bonchev–Trinajstić information content (AvgIpc) is 2.44. The van der Waals surface area contributed by atoms with Crippen LogP contribution in [-0.2, 0) is 4.79 Å². The lowest BCUT2D eigenvalue weighted by Crippen LogP contribution is -2.30. The fourth-order valence-electron chi connectivity index (χ4n) is 2.04. The van der Waals surface area contributed by atoms with E-state index in [1.807, 2.05) is 13.8 Å². The average molecular weight is 322 g/mol. The smallest absolute Gasteiger partial charge is 0.265 e. The maximum Gasteiger partial charge on any atom is 0.265 e. The maximum atomic E-state index is 13.1. The highest BCUT2D eigenvalue weighted by Crippen LogP contribution is 2.26. The molecule has 0 radical (unpaired) electrons. The summed E-state index contributed by atoms with van der Waals surface area (Å²) in [5.41, 5.74) is 2.16. The van der Waals surface area contributed by atoms with Gasteiger partial charge in [0.2, 0.25) is 0 Å². The van der Waals surface area contributed by atoms with Crippen molar-refractivity contribution in [2.45, 2.75) is 26.9 Å². The van der Waals surface area contributed by atoms with Crippen molar-refractivity contribution in [1.29, 1.82) is 0 Å². The summed E-state index contributed by atoms with van der Waals surface area (Å²) in [7, 11) is 0. The van der Waals surface area contributed by atoms with E-state index >= 15 is 0 Å². The van der Waals surface area contributed by atoms with E-state index in [0.717, 1.165) is 11.1 Å². The molecule has 0 spiro atoms. The molecule has 1 amide bonds. The minimum atomic E-state index is -0.719. The molecule has 5 heteroatoms. The Labute approximate surface area is 134 Å². The summed E-state index contributed by atoms with van der Waals surface area (Å²) in [5.74, 6) is -0.188. The number of benzene rings is 2. The van der Waals surface area contributed by atoms with Crippen LogP contribution in [0.15, 0.2) is 36.4 Å². The van der Waals surface area contributed by atoms with Crippen molar-refractivity contribution in [1.82, 2.24) is 0 Å². The van der Waals surface area contributed by atoms with Crippen LogP contribution in [-0.4, -0.2) is 12.0 Å². The predicted molar refractivity (Wildman–Crippen MR) is 86.0 cm³/mol. The Kier molecular flexibility index (Phi) is 5.03. The summed E-state index contributed by atoms with van der Waals surface area (Å²) >= 11 is 6.10. The quantitative estimate of drug-likeness (QED) is 0.900. The molecule has 116 valence electrons. The van der Waals surface area contributed by atoms with Gasteiger partial charge >= 0.3 is 0 Å². The number of carbonyl (C=O) groups excluding carboxylic acids is 1. The minimum absolute atomic E-state index is 0.351. The second kappa shape index (κ2) is 6.79. The van der Waals surface area contributed by atoms with E-state index in [4.69, 9.17) is 16.3 Å². The van der Waals surface area contributed by atoms with Crippen LogP contribution in [0.3, 0.4) is 0 Å². The van der Waals surface area contributed by atoms with Crippen LogP contribution in [0.5, 0.6) is 5.75 Å². The van der Waals surface area contributed by atoms with Crippen molar-refractivity contribution in [2.75, 3.05) is 5.32 Å². The molecule has 1 atom stereocenters. The SMILES string of the molecule is Cc1cc(O[C@@H](C)C(=O)Nc2cccc(F)c2)cc(C)c1Cl. The van der Waals surface area contributed by atoms with E-state index < -0.39 is 11.9 Å². The molecular weight excluding hydrogens is 305 g/mol. The first-order chi connectivity index (χ1) is 10.4. The fourth-order valence-corrected chi connectivity index (χ4v) is 2.15. The first-order valence-corrected chi connectivity index (χ1v) is 7.24. The summed E-state index contributed by atoms with van der Waals surface area (Å²) in [6.45, 7) is 5.38. The van der Waals surface area contributed by atoms with Gasteiger partial charge in [0.05, 0.1) is 0 Å². The van der Waals surface area contributed by atoms with Crippen LogP contribution in [0.25, 0.3) is 0 Å². The van der Waals surface area contributed by atoms with Crippen LogP contribution in [0.4, 0.5) is 10.1 Å². The van der Waals surface area contributed by atoms with E-state index in [2.05, 4.69) is 5.32 Å². The monoisotopic (exact) mass is 321 g/mol.